The Labute approximate surface area is 96.8 Å². The van der Waals surface area contributed by atoms with Gasteiger partial charge in [0.2, 0.25) is 5.82 Å². The second kappa shape index (κ2) is 4.69. The number of nitrogens with one attached hydrogen (secondary N) is 1. The average molecular weight is 222 g/mol. The number of tetrazole rings is 1. The predicted molar refractivity (Wildman–Crippen MR) is 58.8 cm³/mol. The van der Waals surface area contributed by atoms with Crippen LogP contribution < -0.4 is 0 Å². The molecule has 0 atom stereocenters. The molecule has 0 saturated heterocycles. The Hall–Kier alpha value is -2.99. The van der Waals surface area contributed by atoms with Crippen LogP contribution in [0, 0.1) is 22.7 Å². The van der Waals surface area contributed by atoms with E-state index >= 15 is 0 Å². The molecule has 80 valence electrons. The van der Waals surface area contributed by atoms with Crippen molar-refractivity contribution in [3.63, 3.8) is 0 Å². The van der Waals surface area contributed by atoms with E-state index in [-0.39, 0.29) is 5.57 Å². The largest absolute Gasteiger partial charge is 0.204 e. The number of nitrogens with zero attached hydrogens (tertiary/aromatic N) is 5. The van der Waals surface area contributed by atoms with Crippen molar-refractivity contribution in [2.45, 2.75) is 0 Å². The lowest BCUT2D eigenvalue weighted by atomic mass is 10.1. The number of H-pyrrole nitrogens is 1. The molecule has 0 radical (unpaired) electrons. The lowest BCUT2D eigenvalue weighted by Crippen LogP contribution is -1.82. The third-order valence-corrected chi connectivity index (χ3v) is 2.07. The number of hydrogen-bond donors (Lipinski definition) is 1. The van der Waals surface area contributed by atoms with E-state index in [1.165, 1.54) is 6.08 Å². The molecule has 2 aromatic rings. The van der Waals surface area contributed by atoms with Crippen LogP contribution >= 0.6 is 0 Å². The van der Waals surface area contributed by atoms with Gasteiger partial charge in [-0.2, -0.15) is 15.7 Å². The first-order chi connectivity index (χ1) is 8.33. The molecule has 0 fully saturated rings. The second-order valence-corrected chi connectivity index (χ2v) is 3.14. The highest BCUT2D eigenvalue weighted by Crippen LogP contribution is 2.15. The Morgan fingerprint density at radius 2 is 1.88 bits per heavy atom. The summed E-state index contributed by atoms with van der Waals surface area (Å²) in [7, 11) is 0. The molecule has 1 aromatic heterocycles. The standard InChI is InChI=1S/C11H6N6/c12-6-9(7-13)5-8-1-3-10(4-2-8)11-14-16-17-15-11/h1-5H,(H,14,15,16,17). The van der Waals surface area contributed by atoms with E-state index in [1.807, 2.05) is 0 Å². The van der Waals surface area contributed by atoms with E-state index in [1.54, 1.807) is 36.4 Å². The van der Waals surface area contributed by atoms with Crippen LogP contribution in [0.25, 0.3) is 17.5 Å². The van der Waals surface area contributed by atoms with Crippen molar-refractivity contribution in [2.75, 3.05) is 0 Å². The molecule has 2 rings (SSSR count). The summed E-state index contributed by atoms with van der Waals surface area (Å²) < 4.78 is 0. The summed E-state index contributed by atoms with van der Waals surface area (Å²) in [4.78, 5) is 0. The van der Waals surface area contributed by atoms with Gasteiger partial charge in [-0.15, -0.1) is 10.2 Å². The summed E-state index contributed by atoms with van der Waals surface area (Å²) in [5.74, 6) is 0.501. The zero-order valence-corrected chi connectivity index (χ0v) is 8.62. The monoisotopic (exact) mass is 222 g/mol. The highest BCUT2D eigenvalue weighted by atomic mass is 15.5. The molecule has 0 saturated carbocycles. The Bertz CT molecular complexity index is 593. The van der Waals surface area contributed by atoms with Gasteiger partial charge in [0.1, 0.15) is 17.7 Å². The average Bonchev–Trinajstić information content (AvgIpc) is 2.90. The smallest absolute Gasteiger partial charge is 0.192 e. The van der Waals surface area contributed by atoms with E-state index in [2.05, 4.69) is 20.6 Å². The van der Waals surface area contributed by atoms with E-state index < -0.39 is 0 Å². The maximum atomic E-state index is 8.62. The van der Waals surface area contributed by atoms with Crippen LogP contribution in [-0.2, 0) is 0 Å². The highest BCUT2D eigenvalue weighted by Gasteiger charge is 2.01. The molecule has 0 aliphatic heterocycles. The maximum Gasteiger partial charge on any atom is 0.204 e. The lowest BCUT2D eigenvalue weighted by molar-refractivity contribution is 0.881. The van der Waals surface area contributed by atoms with Crippen molar-refractivity contribution >= 4 is 6.08 Å². The Balaban J connectivity index is 2.29. The zero-order chi connectivity index (χ0) is 12.1. The van der Waals surface area contributed by atoms with Gasteiger partial charge in [-0.1, -0.05) is 24.3 Å². The van der Waals surface area contributed by atoms with Crippen LogP contribution in [0.3, 0.4) is 0 Å². The number of rotatable bonds is 2. The van der Waals surface area contributed by atoms with Gasteiger partial charge in [0, 0.05) is 5.56 Å². The number of benzene rings is 1. The van der Waals surface area contributed by atoms with Gasteiger partial charge in [0.05, 0.1) is 0 Å². The van der Waals surface area contributed by atoms with Crippen LogP contribution in [0.2, 0.25) is 0 Å². The van der Waals surface area contributed by atoms with Crippen LogP contribution in [0.5, 0.6) is 0 Å². The van der Waals surface area contributed by atoms with Gasteiger partial charge in [-0.3, -0.25) is 0 Å². The molecule has 0 unspecified atom stereocenters. The van der Waals surface area contributed by atoms with Crippen LogP contribution in [0.1, 0.15) is 5.56 Å². The van der Waals surface area contributed by atoms with Gasteiger partial charge in [0.25, 0.3) is 0 Å². The fourth-order valence-electron chi connectivity index (χ4n) is 1.27. The number of aromatic nitrogens is 4. The molecular weight excluding hydrogens is 216 g/mol. The van der Waals surface area contributed by atoms with Crippen LogP contribution in [0.4, 0.5) is 0 Å². The SMILES string of the molecule is N#CC(C#N)=Cc1ccc(-c2nn[nH]n2)cc1. The van der Waals surface area contributed by atoms with Crippen molar-refractivity contribution in [3.8, 4) is 23.5 Å². The third kappa shape index (κ3) is 2.33. The lowest BCUT2D eigenvalue weighted by Gasteiger charge is -1.95. The zero-order valence-electron chi connectivity index (χ0n) is 8.62. The molecule has 17 heavy (non-hydrogen) atoms. The minimum atomic E-state index is 0.0670. The summed E-state index contributed by atoms with van der Waals surface area (Å²) in [5.41, 5.74) is 1.65. The number of hydrogen-bond acceptors (Lipinski definition) is 5. The quantitative estimate of drug-likeness (QED) is 0.771. The van der Waals surface area contributed by atoms with Crippen LogP contribution in [-0.4, -0.2) is 20.6 Å². The molecule has 1 N–H and O–H groups in total. The van der Waals surface area contributed by atoms with Crippen molar-refractivity contribution in [1.29, 1.82) is 10.5 Å². The molecule has 6 nitrogen and oxygen atoms in total. The molecule has 1 heterocycles. The van der Waals surface area contributed by atoms with Gasteiger partial charge in [-0.25, -0.2) is 0 Å². The van der Waals surface area contributed by atoms with Gasteiger partial charge < -0.3 is 0 Å². The summed E-state index contributed by atoms with van der Waals surface area (Å²) in [6.45, 7) is 0. The van der Waals surface area contributed by atoms with Crippen molar-refractivity contribution in [1.82, 2.24) is 20.6 Å². The number of aromatic amines is 1. The molecule has 0 aliphatic carbocycles. The van der Waals surface area contributed by atoms with Gasteiger partial charge >= 0.3 is 0 Å². The Kier molecular flexibility index (Phi) is 2.90. The Morgan fingerprint density at radius 3 is 2.41 bits per heavy atom. The van der Waals surface area contributed by atoms with Crippen LogP contribution in [0.15, 0.2) is 29.8 Å². The minimum absolute atomic E-state index is 0.0670. The fourth-order valence-corrected chi connectivity index (χ4v) is 1.27. The van der Waals surface area contributed by atoms with Crippen molar-refractivity contribution < 1.29 is 0 Å². The van der Waals surface area contributed by atoms with E-state index in [4.69, 9.17) is 10.5 Å². The Morgan fingerprint density at radius 1 is 1.18 bits per heavy atom. The van der Waals surface area contributed by atoms with Crippen molar-refractivity contribution in [3.05, 3.63) is 35.4 Å². The van der Waals surface area contributed by atoms with E-state index in [0.29, 0.717) is 5.82 Å². The summed E-state index contributed by atoms with van der Waals surface area (Å²) in [5, 5.41) is 30.7. The topological polar surface area (TPSA) is 102 Å². The van der Waals surface area contributed by atoms with Gasteiger partial charge in [-0.05, 0) is 16.9 Å². The molecular formula is C11H6N6. The summed E-state index contributed by atoms with van der Waals surface area (Å²) in [6.07, 6.45) is 1.51. The summed E-state index contributed by atoms with van der Waals surface area (Å²) in [6, 6.07) is 10.8. The number of allylic oxidation sites excluding steroid dienone is 1. The highest BCUT2D eigenvalue weighted by molar-refractivity contribution is 5.64. The first-order valence-corrected chi connectivity index (χ1v) is 4.69. The fraction of sp³-hybridized carbons (Fsp3) is 0. The summed E-state index contributed by atoms with van der Waals surface area (Å²) >= 11 is 0. The first-order valence-electron chi connectivity index (χ1n) is 4.69. The molecule has 1 aromatic carbocycles. The molecule has 6 heteroatoms. The van der Waals surface area contributed by atoms with E-state index in [0.717, 1.165) is 11.1 Å². The predicted octanol–water partition coefficient (Wildman–Crippen LogP) is 1.30. The molecule has 0 spiro atoms. The second-order valence-electron chi connectivity index (χ2n) is 3.14. The number of nitriles is 2. The minimum Gasteiger partial charge on any atom is -0.192 e. The first kappa shape index (κ1) is 10.5. The third-order valence-electron chi connectivity index (χ3n) is 2.07. The maximum absolute atomic E-state index is 8.62. The van der Waals surface area contributed by atoms with E-state index in [9.17, 15) is 0 Å². The molecule has 0 amide bonds. The molecule has 0 bridgehead atoms. The van der Waals surface area contributed by atoms with Crippen molar-refractivity contribution in [2.24, 2.45) is 0 Å². The van der Waals surface area contributed by atoms with Gasteiger partial charge in [0.15, 0.2) is 0 Å². The normalized spacial score (nSPS) is 9.06. The molecule has 0 aliphatic rings.